The van der Waals surface area contributed by atoms with Crippen LogP contribution in [-0.4, -0.2) is 23.9 Å². The molecule has 0 radical (unpaired) electrons. The van der Waals surface area contributed by atoms with Gasteiger partial charge in [0, 0.05) is 23.1 Å². The molecular formula is C13H14BrNO. The molecule has 0 bridgehead atoms. The molecule has 1 aromatic rings. The highest BCUT2D eigenvalue weighted by Gasteiger charge is 2.46. The summed E-state index contributed by atoms with van der Waals surface area (Å²) in [4.78, 5) is 14.2. The lowest BCUT2D eigenvalue weighted by molar-refractivity contribution is 0.0775. The summed E-state index contributed by atoms with van der Waals surface area (Å²) in [5, 5.41) is 0. The van der Waals surface area contributed by atoms with Crippen molar-refractivity contribution in [2.45, 2.75) is 13.3 Å². The zero-order valence-electron chi connectivity index (χ0n) is 9.24. The highest BCUT2D eigenvalue weighted by atomic mass is 79.9. The van der Waals surface area contributed by atoms with Crippen LogP contribution in [0.1, 0.15) is 22.3 Å². The predicted molar refractivity (Wildman–Crippen MR) is 66.4 cm³/mol. The normalized spacial score (nSPS) is 26.8. The summed E-state index contributed by atoms with van der Waals surface area (Å²) < 4.78 is 1.02. The fraction of sp³-hybridized carbons (Fsp3) is 0.462. The van der Waals surface area contributed by atoms with Gasteiger partial charge in [-0.2, -0.15) is 0 Å². The summed E-state index contributed by atoms with van der Waals surface area (Å²) in [6, 6.07) is 5.85. The summed E-state index contributed by atoms with van der Waals surface area (Å²) >= 11 is 3.47. The summed E-state index contributed by atoms with van der Waals surface area (Å²) in [7, 11) is 0. The summed E-state index contributed by atoms with van der Waals surface area (Å²) in [5.74, 6) is 1.79. The number of hydrogen-bond donors (Lipinski definition) is 0. The maximum Gasteiger partial charge on any atom is 0.253 e. The lowest BCUT2D eigenvalue weighted by atomic mass is 10.1. The minimum Gasteiger partial charge on any atom is -0.338 e. The van der Waals surface area contributed by atoms with Crippen molar-refractivity contribution in [2.24, 2.45) is 11.8 Å². The number of aryl methyl sites for hydroxylation is 1. The van der Waals surface area contributed by atoms with Crippen molar-refractivity contribution >= 4 is 21.8 Å². The Kier molecular flexibility index (Phi) is 2.32. The number of likely N-dealkylation sites (tertiary alicyclic amines) is 1. The molecule has 0 aromatic heterocycles. The zero-order chi connectivity index (χ0) is 11.3. The molecule has 2 fully saturated rings. The lowest BCUT2D eigenvalue weighted by Crippen LogP contribution is -2.30. The summed E-state index contributed by atoms with van der Waals surface area (Å²) in [6.45, 7) is 3.97. The van der Waals surface area contributed by atoms with Gasteiger partial charge in [0.05, 0.1) is 0 Å². The Balaban J connectivity index is 1.80. The van der Waals surface area contributed by atoms with Gasteiger partial charge in [0.15, 0.2) is 0 Å². The monoisotopic (exact) mass is 279 g/mol. The van der Waals surface area contributed by atoms with Crippen LogP contribution < -0.4 is 0 Å². The summed E-state index contributed by atoms with van der Waals surface area (Å²) in [6.07, 6.45) is 1.33. The number of carbonyl (C=O) groups is 1. The van der Waals surface area contributed by atoms with Crippen molar-refractivity contribution in [1.29, 1.82) is 0 Å². The SMILES string of the molecule is Cc1ccc(C(=O)N2CC3CC3C2)cc1Br. The molecule has 2 nitrogen and oxygen atoms in total. The second kappa shape index (κ2) is 3.59. The van der Waals surface area contributed by atoms with E-state index in [0.717, 1.165) is 35.0 Å². The number of fused-ring (bicyclic) bond motifs is 1. The number of carbonyl (C=O) groups excluding carboxylic acids is 1. The molecule has 2 atom stereocenters. The highest BCUT2D eigenvalue weighted by Crippen LogP contribution is 2.45. The van der Waals surface area contributed by atoms with Gasteiger partial charge in [-0.15, -0.1) is 0 Å². The molecule has 1 amide bonds. The maximum absolute atomic E-state index is 12.2. The Morgan fingerprint density at radius 3 is 2.69 bits per heavy atom. The van der Waals surface area contributed by atoms with Crippen molar-refractivity contribution in [2.75, 3.05) is 13.1 Å². The Bertz CT molecular complexity index is 447. The van der Waals surface area contributed by atoms with Crippen molar-refractivity contribution < 1.29 is 4.79 Å². The average molecular weight is 280 g/mol. The molecule has 1 heterocycles. The van der Waals surface area contributed by atoms with Crippen molar-refractivity contribution in [3.8, 4) is 0 Å². The first-order valence-electron chi connectivity index (χ1n) is 5.70. The number of rotatable bonds is 1. The summed E-state index contributed by atoms with van der Waals surface area (Å²) in [5.41, 5.74) is 1.97. The third-order valence-corrected chi connectivity index (χ3v) is 4.54. The molecule has 1 saturated heterocycles. The van der Waals surface area contributed by atoms with E-state index in [9.17, 15) is 4.79 Å². The topological polar surface area (TPSA) is 20.3 Å². The third kappa shape index (κ3) is 1.67. The number of benzene rings is 1. The fourth-order valence-electron chi connectivity index (χ4n) is 2.47. The molecule has 2 unspecified atom stereocenters. The van der Waals surface area contributed by atoms with E-state index in [1.807, 2.05) is 30.0 Å². The van der Waals surface area contributed by atoms with Gasteiger partial charge in [-0.05, 0) is 42.9 Å². The van der Waals surface area contributed by atoms with E-state index in [1.165, 1.54) is 12.0 Å². The molecule has 0 N–H and O–H groups in total. The lowest BCUT2D eigenvalue weighted by Gasteiger charge is -2.18. The van der Waals surface area contributed by atoms with E-state index in [-0.39, 0.29) is 5.91 Å². The number of halogens is 1. The van der Waals surface area contributed by atoms with E-state index in [0.29, 0.717) is 0 Å². The molecule has 0 spiro atoms. The van der Waals surface area contributed by atoms with E-state index in [2.05, 4.69) is 15.9 Å². The second-order valence-corrected chi connectivity index (χ2v) is 5.78. The second-order valence-electron chi connectivity index (χ2n) is 4.93. The van der Waals surface area contributed by atoms with Gasteiger partial charge in [0.25, 0.3) is 5.91 Å². The maximum atomic E-state index is 12.2. The molecule has 2 aliphatic rings. The minimum absolute atomic E-state index is 0.188. The first kappa shape index (κ1) is 10.3. The predicted octanol–water partition coefficient (Wildman–Crippen LogP) is 2.85. The van der Waals surface area contributed by atoms with Crippen LogP contribution in [0.25, 0.3) is 0 Å². The molecule has 1 aliphatic heterocycles. The van der Waals surface area contributed by atoms with Gasteiger partial charge < -0.3 is 4.90 Å². The minimum atomic E-state index is 0.188. The Morgan fingerprint density at radius 2 is 2.06 bits per heavy atom. The van der Waals surface area contributed by atoms with Crippen LogP contribution in [0.5, 0.6) is 0 Å². The molecule has 1 aliphatic carbocycles. The van der Waals surface area contributed by atoms with Gasteiger partial charge >= 0.3 is 0 Å². The standard InChI is InChI=1S/C13H14BrNO/c1-8-2-3-9(5-12(8)14)13(16)15-6-10-4-11(10)7-15/h2-3,5,10-11H,4,6-7H2,1H3. The van der Waals surface area contributed by atoms with Gasteiger partial charge in [0.1, 0.15) is 0 Å². The first-order valence-corrected chi connectivity index (χ1v) is 6.50. The number of hydrogen-bond acceptors (Lipinski definition) is 1. The quantitative estimate of drug-likeness (QED) is 0.774. The first-order chi connectivity index (χ1) is 7.65. The molecular weight excluding hydrogens is 266 g/mol. The highest BCUT2D eigenvalue weighted by molar-refractivity contribution is 9.10. The van der Waals surface area contributed by atoms with Crippen LogP contribution in [0, 0.1) is 18.8 Å². The van der Waals surface area contributed by atoms with Crippen LogP contribution in [0.3, 0.4) is 0 Å². The van der Waals surface area contributed by atoms with Gasteiger partial charge in [0.2, 0.25) is 0 Å². The molecule has 1 saturated carbocycles. The van der Waals surface area contributed by atoms with E-state index >= 15 is 0 Å². The molecule has 3 rings (SSSR count). The van der Waals surface area contributed by atoms with E-state index < -0.39 is 0 Å². The molecule has 1 aromatic carbocycles. The Labute approximate surface area is 104 Å². The van der Waals surface area contributed by atoms with Crippen LogP contribution >= 0.6 is 15.9 Å². The largest absolute Gasteiger partial charge is 0.338 e. The Morgan fingerprint density at radius 1 is 1.38 bits per heavy atom. The van der Waals surface area contributed by atoms with Crippen molar-refractivity contribution in [1.82, 2.24) is 4.90 Å². The number of nitrogens with zero attached hydrogens (tertiary/aromatic N) is 1. The smallest absolute Gasteiger partial charge is 0.253 e. The zero-order valence-corrected chi connectivity index (χ0v) is 10.8. The van der Waals surface area contributed by atoms with Crippen LogP contribution in [0.15, 0.2) is 22.7 Å². The Hall–Kier alpha value is -0.830. The fourth-order valence-corrected chi connectivity index (χ4v) is 2.85. The van der Waals surface area contributed by atoms with E-state index in [4.69, 9.17) is 0 Å². The van der Waals surface area contributed by atoms with Crippen LogP contribution in [0.4, 0.5) is 0 Å². The number of piperidine rings is 1. The van der Waals surface area contributed by atoms with Crippen molar-refractivity contribution in [3.63, 3.8) is 0 Å². The van der Waals surface area contributed by atoms with Crippen LogP contribution in [0.2, 0.25) is 0 Å². The van der Waals surface area contributed by atoms with Crippen LogP contribution in [-0.2, 0) is 0 Å². The van der Waals surface area contributed by atoms with Crippen molar-refractivity contribution in [3.05, 3.63) is 33.8 Å². The average Bonchev–Trinajstić information content (AvgIpc) is 2.89. The molecule has 3 heteroatoms. The number of amides is 1. The molecule has 16 heavy (non-hydrogen) atoms. The van der Waals surface area contributed by atoms with Gasteiger partial charge in [-0.25, -0.2) is 0 Å². The third-order valence-electron chi connectivity index (χ3n) is 3.68. The van der Waals surface area contributed by atoms with Gasteiger partial charge in [-0.1, -0.05) is 22.0 Å². The molecule has 84 valence electrons. The van der Waals surface area contributed by atoms with Gasteiger partial charge in [-0.3, -0.25) is 4.79 Å². The van der Waals surface area contributed by atoms with E-state index in [1.54, 1.807) is 0 Å².